The maximum atomic E-state index is 13.3. The van der Waals surface area contributed by atoms with Gasteiger partial charge in [-0.15, -0.1) is 0 Å². The molecule has 0 aliphatic rings. The second kappa shape index (κ2) is 4.23. The lowest BCUT2D eigenvalue weighted by atomic mass is 10.2. The van der Waals surface area contributed by atoms with Gasteiger partial charge in [0.2, 0.25) is 0 Å². The lowest BCUT2D eigenvalue weighted by molar-refractivity contribution is 0.282. The lowest BCUT2D eigenvalue weighted by Gasteiger charge is -2.10. The van der Waals surface area contributed by atoms with Crippen molar-refractivity contribution in [2.75, 3.05) is 6.61 Å². The minimum absolute atomic E-state index is 0.0834. The molecule has 0 fully saturated rings. The van der Waals surface area contributed by atoms with Crippen LogP contribution in [0.4, 0.5) is 4.39 Å². The first-order valence-electron chi connectivity index (χ1n) is 4.24. The number of benzene rings is 1. The van der Waals surface area contributed by atoms with Crippen molar-refractivity contribution in [1.29, 1.82) is 0 Å². The van der Waals surface area contributed by atoms with Gasteiger partial charge in [-0.1, -0.05) is 12.1 Å². The van der Waals surface area contributed by atoms with Crippen molar-refractivity contribution in [3.63, 3.8) is 0 Å². The van der Waals surface area contributed by atoms with Gasteiger partial charge in [-0.05, 0) is 25.5 Å². The lowest BCUT2D eigenvalue weighted by Crippen LogP contribution is -2.23. The molecule has 0 amide bonds. The molecule has 1 aromatic rings. The summed E-state index contributed by atoms with van der Waals surface area (Å²) in [6.45, 7) is 3.85. The maximum absolute atomic E-state index is 13.3. The molecule has 1 aromatic carbocycles. The molecular weight excluding hydrogens is 169 g/mol. The Hall–Kier alpha value is -1.09. The summed E-state index contributed by atoms with van der Waals surface area (Å²) in [7, 11) is 0. The highest BCUT2D eigenvalue weighted by molar-refractivity contribution is 5.30. The van der Waals surface area contributed by atoms with Crippen LogP contribution in [0.3, 0.4) is 0 Å². The van der Waals surface area contributed by atoms with Crippen LogP contribution in [0, 0.1) is 12.7 Å². The van der Waals surface area contributed by atoms with Gasteiger partial charge in [-0.3, -0.25) is 0 Å². The van der Waals surface area contributed by atoms with Crippen LogP contribution in [-0.4, -0.2) is 12.6 Å². The molecule has 0 saturated heterocycles. The highest BCUT2D eigenvalue weighted by atomic mass is 19.1. The van der Waals surface area contributed by atoms with Crippen LogP contribution >= 0.6 is 0 Å². The van der Waals surface area contributed by atoms with Crippen LogP contribution in [0.1, 0.15) is 12.5 Å². The molecule has 0 radical (unpaired) electrons. The summed E-state index contributed by atoms with van der Waals surface area (Å²) in [5, 5.41) is 0. The number of hydrogen-bond donors (Lipinski definition) is 1. The third kappa shape index (κ3) is 2.70. The van der Waals surface area contributed by atoms with Gasteiger partial charge >= 0.3 is 0 Å². The first-order chi connectivity index (χ1) is 6.11. The average molecular weight is 183 g/mol. The number of halogens is 1. The van der Waals surface area contributed by atoms with Crippen molar-refractivity contribution >= 4 is 0 Å². The van der Waals surface area contributed by atoms with E-state index in [4.69, 9.17) is 10.5 Å². The summed E-state index contributed by atoms with van der Waals surface area (Å²) >= 11 is 0. The van der Waals surface area contributed by atoms with E-state index in [1.807, 2.05) is 6.92 Å². The standard InChI is InChI=1S/C10H14FNO/c1-7-4-3-5-9(10(7)11)13-6-8(2)12/h3-5,8H,6,12H2,1-2H3/t8-/m1/s1. The second-order valence-corrected chi connectivity index (χ2v) is 3.18. The molecule has 0 heterocycles. The zero-order valence-electron chi connectivity index (χ0n) is 7.88. The Morgan fingerprint density at radius 2 is 2.23 bits per heavy atom. The van der Waals surface area contributed by atoms with E-state index in [1.54, 1.807) is 25.1 Å². The molecule has 0 spiro atoms. The Kier molecular flexibility index (Phi) is 3.25. The fraction of sp³-hybridized carbons (Fsp3) is 0.400. The van der Waals surface area contributed by atoms with E-state index in [2.05, 4.69) is 0 Å². The molecular formula is C10H14FNO. The van der Waals surface area contributed by atoms with Crippen LogP contribution in [-0.2, 0) is 0 Å². The van der Waals surface area contributed by atoms with E-state index in [0.717, 1.165) is 0 Å². The summed E-state index contributed by atoms with van der Waals surface area (Å²) in [4.78, 5) is 0. The van der Waals surface area contributed by atoms with Crippen LogP contribution in [0.2, 0.25) is 0 Å². The first kappa shape index (κ1) is 9.99. The summed E-state index contributed by atoms with van der Waals surface area (Å²) in [6.07, 6.45) is 0. The van der Waals surface area contributed by atoms with Crippen LogP contribution in [0.25, 0.3) is 0 Å². The fourth-order valence-electron chi connectivity index (χ4n) is 0.953. The van der Waals surface area contributed by atoms with Gasteiger partial charge in [-0.25, -0.2) is 4.39 Å². The largest absolute Gasteiger partial charge is 0.489 e. The highest BCUT2D eigenvalue weighted by Crippen LogP contribution is 2.19. The molecule has 1 rings (SSSR count). The third-order valence-electron chi connectivity index (χ3n) is 1.66. The number of ether oxygens (including phenoxy) is 1. The van der Waals surface area contributed by atoms with Crippen LogP contribution < -0.4 is 10.5 Å². The van der Waals surface area contributed by atoms with Gasteiger partial charge in [-0.2, -0.15) is 0 Å². The van der Waals surface area contributed by atoms with Crippen molar-refractivity contribution < 1.29 is 9.13 Å². The minimum atomic E-state index is -0.303. The average Bonchev–Trinajstić information content (AvgIpc) is 2.07. The van der Waals surface area contributed by atoms with Crippen molar-refractivity contribution in [3.8, 4) is 5.75 Å². The molecule has 0 saturated carbocycles. The quantitative estimate of drug-likeness (QED) is 0.776. The topological polar surface area (TPSA) is 35.2 Å². The van der Waals surface area contributed by atoms with Gasteiger partial charge in [0.05, 0.1) is 0 Å². The highest BCUT2D eigenvalue weighted by Gasteiger charge is 2.05. The van der Waals surface area contributed by atoms with E-state index in [0.29, 0.717) is 12.2 Å². The molecule has 0 aliphatic carbocycles. The van der Waals surface area contributed by atoms with E-state index in [-0.39, 0.29) is 17.6 Å². The van der Waals surface area contributed by atoms with Crippen LogP contribution in [0.5, 0.6) is 5.75 Å². The van der Waals surface area contributed by atoms with Gasteiger partial charge in [0.15, 0.2) is 11.6 Å². The van der Waals surface area contributed by atoms with Gasteiger partial charge < -0.3 is 10.5 Å². The molecule has 2 nitrogen and oxygen atoms in total. The van der Waals surface area contributed by atoms with E-state index < -0.39 is 0 Å². The Labute approximate surface area is 77.5 Å². The fourth-order valence-corrected chi connectivity index (χ4v) is 0.953. The van der Waals surface area contributed by atoms with Gasteiger partial charge in [0.1, 0.15) is 6.61 Å². The minimum Gasteiger partial charge on any atom is -0.489 e. The van der Waals surface area contributed by atoms with Crippen LogP contribution in [0.15, 0.2) is 18.2 Å². The molecule has 2 N–H and O–H groups in total. The number of aryl methyl sites for hydroxylation is 1. The summed E-state index contributed by atoms with van der Waals surface area (Å²) in [6, 6.07) is 4.98. The second-order valence-electron chi connectivity index (χ2n) is 3.18. The van der Waals surface area contributed by atoms with Crippen molar-refractivity contribution in [3.05, 3.63) is 29.6 Å². The van der Waals surface area contributed by atoms with Gasteiger partial charge in [0, 0.05) is 6.04 Å². The monoisotopic (exact) mass is 183 g/mol. The Morgan fingerprint density at radius 3 is 2.85 bits per heavy atom. The Bertz CT molecular complexity index is 286. The summed E-state index contributed by atoms with van der Waals surface area (Å²) in [5.41, 5.74) is 6.07. The third-order valence-corrected chi connectivity index (χ3v) is 1.66. The van der Waals surface area contributed by atoms with Crippen molar-refractivity contribution in [2.24, 2.45) is 5.73 Å². The molecule has 3 heteroatoms. The Balaban J connectivity index is 2.71. The molecule has 0 aromatic heterocycles. The van der Waals surface area contributed by atoms with E-state index in [1.165, 1.54) is 0 Å². The predicted octanol–water partition coefficient (Wildman–Crippen LogP) is 1.86. The van der Waals surface area contributed by atoms with E-state index >= 15 is 0 Å². The number of hydrogen-bond acceptors (Lipinski definition) is 2. The predicted molar refractivity (Wildman–Crippen MR) is 50.3 cm³/mol. The summed E-state index contributed by atoms with van der Waals surface area (Å²) in [5.74, 6) is -0.0274. The molecule has 1 atom stereocenters. The molecule has 0 unspecified atom stereocenters. The summed E-state index contributed by atoms with van der Waals surface area (Å²) < 4.78 is 18.5. The van der Waals surface area contributed by atoms with Crippen molar-refractivity contribution in [2.45, 2.75) is 19.9 Å². The SMILES string of the molecule is Cc1cccc(OC[C@@H](C)N)c1F. The van der Waals surface area contributed by atoms with E-state index in [9.17, 15) is 4.39 Å². The Morgan fingerprint density at radius 1 is 1.54 bits per heavy atom. The maximum Gasteiger partial charge on any atom is 0.167 e. The molecule has 0 bridgehead atoms. The normalized spacial score (nSPS) is 12.6. The smallest absolute Gasteiger partial charge is 0.167 e. The zero-order chi connectivity index (χ0) is 9.84. The molecule has 0 aliphatic heterocycles. The molecule has 72 valence electrons. The number of rotatable bonds is 3. The van der Waals surface area contributed by atoms with Crippen molar-refractivity contribution in [1.82, 2.24) is 0 Å². The first-order valence-corrected chi connectivity index (χ1v) is 4.24. The number of nitrogens with two attached hydrogens (primary N) is 1. The molecule has 13 heavy (non-hydrogen) atoms. The zero-order valence-corrected chi connectivity index (χ0v) is 7.88. The van der Waals surface area contributed by atoms with Gasteiger partial charge in [0.25, 0.3) is 0 Å².